The molecule has 0 radical (unpaired) electrons. The Morgan fingerprint density at radius 3 is 2.38 bits per heavy atom. The molecular formula is C17H22N2O2. The summed E-state index contributed by atoms with van der Waals surface area (Å²) in [5, 5.41) is 0. The number of amides is 1. The van der Waals surface area contributed by atoms with E-state index in [0.717, 1.165) is 23.4 Å². The number of para-hydroxylation sites is 2. The van der Waals surface area contributed by atoms with E-state index in [2.05, 4.69) is 0 Å². The maximum absolute atomic E-state index is 13.0. The van der Waals surface area contributed by atoms with Gasteiger partial charge in [0.05, 0.1) is 16.9 Å². The van der Waals surface area contributed by atoms with Gasteiger partial charge in [0.25, 0.3) is 5.91 Å². The van der Waals surface area contributed by atoms with Crippen LogP contribution in [0, 0.1) is 20.8 Å². The number of nitrogens with two attached hydrogens (primary N) is 1. The third-order valence-electron chi connectivity index (χ3n) is 3.70. The smallest absolute Gasteiger partial charge is 0.262 e. The summed E-state index contributed by atoms with van der Waals surface area (Å²) >= 11 is 0. The number of benzene rings is 1. The van der Waals surface area contributed by atoms with Gasteiger partial charge in [-0.3, -0.25) is 4.79 Å². The SMILES string of the molecule is CCCN(C(=O)c1c(C)oc(C)c1C)c1ccccc1N. The van der Waals surface area contributed by atoms with Gasteiger partial charge in [0.2, 0.25) is 0 Å². The van der Waals surface area contributed by atoms with E-state index in [1.54, 1.807) is 4.90 Å². The molecule has 4 heteroatoms. The second-order valence-corrected chi connectivity index (χ2v) is 5.23. The molecule has 0 spiro atoms. The van der Waals surface area contributed by atoms with Crippen LogP contribution in [-0.2, 0) is 0 Å². The second-order valence-electron chi connectivity index (χ2n) is 5.23. The van der Waals surface area contributed by atoms with Crippen LogP contribution in [0.25, 0.3) is 0 Å². The maximum atomic E-state index is 13.0. The average Bonchev–Trinajstić information content (AvgIpc) is 2.70. The first-order valence-corrected chi connectivity index (χ1v) is 7.20. The Morgan fingerprint density at radius 1 is 1.19 bits per heavy atom. The van der Waals surface area contributed by atoms with Crippen molar-refractivity contribution < 1.29 is 9.21 Å². The highest BCUT2D eigenvalue weighted by molar-refractivity contribution is 6.09. The Labute approximate surface area is 125 Å². The molecule has 4 nitrogen and oxygen atoms in total. The molecule has 2 aromatic rings. The molecule has 0 aliphatic carbocycles. The lowest BCUT2D eigenvalue weighted by Gasteiger charge is -2.24. The quantitative estimate of drug-likeness (QED) is 0.869. The number of nitrogens with zero attached hydrogens (tertiary/aromatic N) is 1. The summed E-state index contributed by atoms with van der Waals surface area (Å²) in [6.07, 6.45) is 0.856. The van der Waals surface area contributed by atoms with Crippen LogP contribution in [-0.4, -0.2) is 12.5 Å². The predicted octanol–water partition coefficient (Wildman–Crippen LogP) is 3.84. The lowest BCUT2D eigenvalue weighted by atomic mass is 10.1. The molecule has 2 N–H and O–H groups in total. The zero-order chi connectivity index (χ0) is 15.6. The molecule has 1 heterocycles. The highest BCUT2D eigenvalue weighted by Gasteiger charge is 2.25. The first-order valence-electron chi connectivity index (χ1n) is 7.20. The summed E-state index contributed by atoms with van der Waals surface area (Å²) in [5.74, 6) is 1.39. The number of rotatable bonds is 4. The average molecular weight is 286 g/mol. The largest absolute Gasteiger partial charge is 0.466 e. The van der Waals surface area contributed by atoms with Crippen LogP contribution in [0.3, 0.4) is 0 Å². The molecule has 0 atom stereocenters. The number of carbonyl (C=O) groups is 1. The third kappa shape index (κ3) is 2.79. The molecule has 21 heavy (non-hydrogen) atoms. The van der Waals surface area contributed by atoms with Gasteiger partial charge in [-0.2, -0.15) is 0 Å². The van der Waals surface area contributed by atoms with Gasteiger partial charge in [0.1, 0.15) is 11.5 Å². The van der Waals surface area contributed by atoms with Crippen LogP contribution in [0.5, 0.6) is 0 Å². The minimum Gasteiger partial charge on any atom is -0.466 e. The number of anilines is 2. The van der Waals surface area contributed by atoms with E-state index in [1.165, 1.54) is 0 Å². The molecule has 0 bridgehead atoms. The Morgan fingerprint density at radius 2 is 1.86 bits per heavy atom. The summed E-state index contributed by atoms with van der Waals surface area (Å²) in [5.41, 5.74) is 8.93. The zero-order valence-electron chi connectivity index (χ0n) is 13.1. The van der Waals surface area contributed by atoms with Gasteiger partial charge >= 0.3 is 0 Å². The van der Waals surface area contributed by atoms with Crippen LogP contribution in [0.15, 0.2) is 28.7 Å². The Hall–Kier alpha value is -2.23. The standard InChI is InChI=1S/C17H22N2O2/c1-5-10-19(15-9-7-6-8-14(15)18)17(20)16-11(2)12(3)21-13(16)4/h6-9H,5,10,18H2,1-4H3. The van der Waals surface area contributed by atoms with Crippen molar-refractivity contribution in [2.45, 2.75) is 34.1 Å². The highest BCUT2D eigenvalue weighted by Crippen LogP contribution is 2.28. The number of aryl methyl sites for hydroxylation is 2. The van der Waals surface area contributed by atoms with Crippen molar-refractivity contribution in [2.75, 3.05) is 17.2 Å². The van der Waals surface area contributed by atoms with E-state index in [0.29, 0.717) is 23.6 Å². The lowest BCUT2D eigenvalue weighted by molar-refractivity contribution is 0.0985. The summed E-state index contributed by atoms with van der Waals surface area (Å²) in [6, 6.07) is 7.44. The fourth-order valence-corrected chi connectivity index (χ4v) is 2.53. The molecule has 0 fully saturated rings. The Bertz CT molecular complexity index is 659. The molecule has 112 valence electrons. The number of nitrogen functional groups attached to an aromatic ring is 1. The summed E-state index contributed by atoms with van der Waals surface area (Å²) in [4.78, 5) is 14.7. The van der Waals surface area contributed by atoms with Gasteiger partial charge in [-0.15, -0.1) is 0 Å². The molecule has 0 saturated carbocycles. The van der Waals surface area contributed by atoms with Crippen molar-refractivity contribution in [3.05, 3.63) is 46.9 Å². The molecule has 0 unspecified atom stereocenters. The van der Waals surface area contributed by atoms with Gasteiger partial charge in [-0.25, -0.2) is 0 Å². The van der Waals surface area contributed by atoms with E-state index >= 15 is 0 Å². The first kappa shape index (κ1) is 15.2. The van der Waals surface area contributed by atoms with Crippen LogP contribution >= 0.6 is 0 Å². The van der Waals surface area contributed by atoms with Gasteiger partial charge in [0, 0.05) is 12.1 Å². The van der Waals surface area contributed by atoms with Crippen molar-refractivity contribution in [2.24, 2.45) is 0 Å². The summed E-state index contributed by atoms with van der Waals surface area (Å²) in [6.45, 7) is 8.28. The van der Waals surface area contributed by atoms with E-state index < -0.39 is 0 Å². The minimum atomic E-state index is -0.0541. The molecule has 0 aliphatic heterocycles. The fraction of sp³-hybridized carbons (Fsp3) is 0.353. The minimum absolute atomic E-state index is 0.0541. The molecule has 1 aromatic carbocycles. The number of furan rings is 1. The zero-order valence-corrected chi connectivity index (χ0v) is 13.1. The van der Waals surface area contributed by atoms with Crippen molar-refractivity contribution in [3.8, 4) is 0 Å². The molecule has 0 saturated heterocycles. The van der Waals surface area contributed by atoms with Crippen LogP contribution < -0.4 is 10.6 Å². The van der Waals surface area contributed by atoms with Crippen molar-refractivity contribution in [3.63, 3.8) is 0 Å². The van der Waals surface area contributed by atoms with E-state index in [1.807, 2.05) is 52.0 Å². The Kier molecular flexibility index (Phi) is 4.36. The monoisotopic (exact) mass is 286 g/mol. The maximum Gasteiger partial charge on any atom is 0.262 e. The third-order valence-corrected chi connectivity index (χ3v) is 3.70. The first-order chi connectivity index (χ1) is 9.97. The molecule has 1 aromatic heterocycles. The van der Waals surface area contributed by atoms with Crippen molar-refractivity contribution in [1.82, 2.24) is 0 Å². The topological polar surface area (TPSA) is 59.5 Å². The molecular weight excluding hydrogens is 264 g/mol. The molecule has 2 rings (SSSR count). The van der Waals surface area contributed by atoms with Crippen molar-refractivity contribution >= 4 is 17.3 Å². The summed E-state index contributed by atoms with van der Waals surface area (Å²) in [7, 11) is 0. The predicted molar refractivity (Wildman–Crippen MR) is 85.7 cm³/mol. The highest BCUT2D eigenvalue weighted by atomic mass is 16.3. The lowest BCUT2D eigenvalue weighted by Crippen LogP contribution is -2.33. The number of hydrogen-bond donors (Lipinski definition) is 1. The van der Waals surface area contributed by atoms with E-state index in [4.69, 9.17) is 10.2 Å². The van der Waals surface area contributed by atoms with Gasteiger partial charge in [-0.05, 0) is 39.3 Å². The molecule has 1 amide bonds. The number of carbonyl (C=O) groups excluding carboxylic acids is 1. The van der Waals surface area contributed by atoms with Gasteiger partial charge in [-0.1, -0.05) is 19.1 Å². The van der Waals surface area contributed by atoms with Crippen molar-refractivity contribution in [1.29, 1.82) is 0 Å². The van der Waals surface area contributed by atoms with Gasteiger partial charge in [0.15, 0.2) is 0 Å². The van der Waals surface area contributed by atoms with Crippen LogP contribution in [0.2, 0.25) is 0 Å². The number of hydrogen-bond acceptors (Lipinski definition) is 3. The van der Waals surface area contributed by atoms with E-state index in [-0.39, 0.29) is 5.91 Å². The van der Waals surface area contributed by atoms with Gasteiger partial charge < -0.3 is 15.1 Å². The second kappa shape index (κ2) is 6.04. The van der Waals surface area contributed by atoms with Crippen LogP contribution in [0.4, 0.5) is 11.4 Å². The summed E-state index contributed by atoms with van der Waals surface area (Å²) < 4.78 is 5.58. The molecule has 0 aliphatic rings. The Balaban J connectivity index is 2.48. The van der Waals surface area contributed by atoms with E-state index in [9.17, 15) is 4.79 Å². The van der Waals surface area contributed by atoms with Crippen LogP contribution in [0.1, 0.15) is 40.8 Å². The normalized spacial score (nSPS) is 10.7. The fourth-order valence-electron chi connectivity index (χ4n) is 2.53.